The largest absolute Gasteiger partial charge is 0.484 e. The van der Waals surface area contributed by atoms with E-state index in [1.165, 1.54) is 6.21 Å². The lowest BCUT2D eigenvalue weighted by Crippen LogP contribution is -2.32. The standard InChI is InChI=1S/C26H26N4O4/c1-17-4-8-21(9-5-17)29-25(32)26(33)30-27-15-20-6-10-23(11-7-20)34-16-24(31)28-22-13-18(2)12-19(3)14-22/h4-15H,16H2,1-3H3,(H,28,31)(H,29,32)(H,30,33)/b27-15-. The van der Waals surface area contributed by atoms with E-state index in [-0.39, 0.29) is 12.5 Å². The van der Waals surface area contributed by atoms with Gasteiger partial charge in [0.2, 0.25) is 0 Å². The van der Waals surface area contributed by atoms with Crippen LogP contribution in [-0.2, 0) is 14.4 Å². The molecule has 174 valence electrons. The predicted octanol–water partition coefficient (Wildman–Crippen LogP) is 3.72. The first-order valence-corrected chi connectivity index (χ1v) is 10.6. The minimum atomic E-state index is -0.883. The molecule has 0 aromatic heterocycles. The maximum absolute atomic E-state index is 12.1. The Kier molecular flexibility index (Phi) is 8.12. The van der Waals surface area contributed by atoms with E-state index in [2.05, 4.69) is 21.2 Å². The Morgan fingerprint density at radius 1 is 0.765 bits per heavy atom. The highest BCUT2D eigenvalue weighted by Crippen LogP contribution is 2.15. The molecular weight excluding hydrogens is 432 g/mol. The summed E-state index contributed by atoms with van der Waals surface area (Å²) < 4.78 is 5.51. The predicted molar refractivity (Wildman–Crippen MR) is 132 cm³/mol. The smallest absolute Gasteiger partial charge is 0.329 e. The van der Waals surface area contributed by atoms with Crippen molar-refractivity contribution in [2.45, 2.75) is 20.8 Å². The number of anilines is 2. The van der Waals surface area contributed by atoms with E-state index in [0.717, 1.165) is 22.4 Å². The summed E-state index contributed by atoms with van der Waals surface area (Å²) >= 11 is 0. The average molecular weight is 459 g/mol. The Labute approximate surface area is 198 Å². The molecule has 34 heavy (non-hydrogen) atoms. The van der Waals surface area contributed by atoms with Gasteiger partial charge in [-0.2, -0.15) is 5.10 Å². The van der Waals surface area contributed by atoms with Crippen LogP contribution in [0.2, 0.25) is 0 Å². The minimum absolute atomic E-state index is 0.132. The molecule has 0 heterocycles. The molecule has 0 spiro atoms. The molecule has 3 rings (SSSR count). The quantitative estimate of drug-likeness (QED) is 0.285. The van der Waals surface area contributed by atoms with Gasteiger partial charge in [0, 0.05) is 11.4 Å². The van der Waals surface area contributed by atoms with Gasteiger partial charge in [0.15, 0.2) is 6.61 Å². The Morgan fingerprint density at radius 2 is 1.41 bits per heavy atom. The van der Waals surface area contributed by atoms with Crippen molar-refractivity contribution < 1.29 is 19.1 Å². The highest BCUT2D eigenvalue weighted by atomic mass is 16.5. The van der Waals surface area contributed by atoms with Gasteiger partial charge in [-0.05, 0) is 86.0 Å². The summed E-state index contributed by atoms with van der Waals surface area (Å²) in [7, 11) is 0. The number of rotatable bonds is 7. The summed E-state index contributed by atoms with van der Waals surface area (Å²) in [6.07, 6.45) is 1.40. The zero-order valence-corrected chi connectivity index (χ0v) is 19.2. The average Bonchev–Trinajstić information content (AvgIpc) is 2.79. The number of aryl methyl sites for hydroxylation is 3. The topological polar surface area (TPSA) is 109 Å². The second-order valence-electron chi connectivity index (χ2n) is 7.80. The first-order chi connectivity index (χ1) is 16.3. The van der Waals surface area contributed by atoms with Crippen molar-refractivity contribution in [1.82, 2.24) is 5.43 Å². The van der Waals surface area contributed by atoms with E-state index in [0.29, 0.717) is 17.0 Å². The SMILES string of the molecule is Cc1ccc(NC(=O)C(=O)N/N=C\c2ccc(OCC(=O)Nc3cc(C)cc(C)c3)cc2)cc1. The molecule has 0 aliphatic heterocycles. The van der Waals surface area contributed by atoms with Crippen molar-refractivity contribution in [2.75, 3.05) is 17.2 Å². The van der Waals surface area contributed by atoms with E-state index in [1.54, 1.807) is 36.4 Å². The third-order valence-corrected chi connectivity index (χ3v) is 4.65. The van der Waals surface area contributed by atoms with Gasteiger partial charge < -0.3 is 15.4 Å². The minimum Gasteiger partial charge on any atom is -0.484 e. The zero-order chi connectivity index (χ0) is 24.5. The van der Waals surface area contributed by atoms with E-state index in [4.69, 9.17) is 4.74 Å². The van der Waals surface area contributed by atoms with E-state index < -0.39 is 11.8 Å². The van der Waals surface area contributed by atoms with Crippen LogP contribution in [0.1, 0.15) is 22.3 Å². The summed E-state index contributed by atoms with van der Waals surface area (Å²) in [4.78, 5) is 35.9. The lowest BCUT2D eigenvalue weighted by molar-refractivity contribution is -0.136. The monoisotopic (exact) mass is 458 g/mol. The number of carbonyl (C=O) groups is 3. The van der Waals surface area contributed by atoms with Gasteiger partial charge in [0.05, 0.1) is 6.21 Å². The van der Waals surface area contributed by atoms with Crippen LogP contribution in [0.3, 0.4) is 0 Å². The lowest BCUT2D eigenvalue weighted by Gasteiger charge is -2.09. The number of benzene rings is 3. The van der Waals surface area contributed by atoms with Gasteiger partial charge in [-0.15, -0.1) is 0 Å². The van der Waals surface area contributed by atoms with Crippen LogP contribution in [-0.4, -0.2) is 30.5 Å². The summed E-state index contributed by atoms with van der Waals surface area (Å²) in [5, 5.41) is 9.10. The van der Waals surface area contributed by atoms with Crippen LogP contribution in [0.5, 0.6) is 5.75 Å². The molecule has 3 amide bonds. The van der Waals surface area contributed by atoms with Crippen molar-refractivity contribution >= 4 is 35.3 Å². The normalized spacial score (nSPS) is 10.6. The number of nitrogens with one attached hydrogen (secondary N) is 3. The number of hydrogen-bond acceptors (Lipinski definition) is 5. The third-order valence-electron chi connectivity index (χ3n) is 4.65. The van der Waals surface area contributed by atoms with Crippen molar-refractivity contribution in [2.24, 2.45) is 5.10 Å². The van der Waals surface area contributed by atoms with Crippen molar-refractivity contribution in [3.8, 4) is 5.75 Å². The molecule has 0 atom stereocenters. The van der Waals surface area contributed by atoms with E-state index in [9.17, 15) is 14.4 Å². The van der Waals surface area contributed by atoms with Crippen molar-refractivity contribution in [1.29, 1.82) is 0 Å². The molecular formula is C26H26N4O4. The van der Waals surface area contributed by atoms with Gasteiger partial charge in [0.1, 0.15) is 5.75 Å². The molecule has 8 heteroatoms. The molecule has 8 nitrogen and oxygen atoms in total. The van der Waals surface area contributed by atoms with Gasteiger partial charge in [-0.25, -0.2) is 5.43 Å². The summed E-state index contributed by atoms with van der Waals surface area (Å²) in [6, 6.07) is 19.7. The molecule has 0 aliphatic rings. The van der Waals surface area contributed by atoms with Gasteiger partial charge in [-0.3, -0.25) is 14.4 Å². The van der Waals surface area contributed by atoms with Crippen LogP contribution in [0.25, 0.3) is 0 Å². The van der Waals surface area contributed by atoms with Crippen LogP contribution in [0, 0.1) is 20.8 Å². The molecule has 3 aromatic carbocycles. The number of nitrogens with zero attached hydrogens (tertiary/aromatic N) is 1. The summed E-state index contributed by atoms with van der Waals surface area (Å²) in [5.41, 5.74) is 7.28. The second kappa shape index (κ2) is 11.4. The molecule has 0 saturated carbocycles. The Balaban J connectivity index is 1.43. The Hall–Kier alpha value is -4.46. The summed E-state index contributed by atoms with van der Waals surface area (Å²) in [5.74, 6) is -1.45. The van der Waals surface area contributed by atoms with Gasteiger partial charge in [0.25, 0.3) is 5.91 Å². The molecule has 3 N–H and O–H groups in total. The molecule has 0 fully saturated rings. The molecule has 0 bridgehead atoms. The third kappa shape index (κ3) is 7.59. The van der Waals surface area contributed by atoms with Crippen molar-refractivity contribution in [3.05, 3.63) is 89.0 Å². The first-order valence-electron chi connectivity index (χ1n) is 10.6. The maximum atomic E-state index is 12.1. The maximum Gasteiger partial charge on any atom is 0.329 e. The highest BCUT2D eigenvalue weighted by molar-refractivity contribution is 6.39. The first kappa shape index (κ1) is 24.2. The molecule has 0 saturated heterocycles. The number of carbonyl (C=O) groups excluding carboxylic acids is 3. The number of hydrazone groups is 1. The summed E-state index contributed by atoms with van der Waals surface area (Å²) in [6.45, 7) is 5.73. The van der Waals surface area contributed by atoms with Crippen molar-refractivity contribution in [3.63, 3.8) is 0 Å². The van der Waals surface area contributed by atoms with E-state index >= 15 is 0 Å². The zero-order valence-electron chi connectivity index (χ0n) is 19.2. The molecule has 0 aliphatic carbocycles. The van der Waals surface area contributed by atoms with Gasteiger partial charge >= 0.3 is 11.8 Å². The van der Waals surface area contributed by atoms with E-state index in [1.807, 2.05) is 51.1 Å². The highest BCUT2D eigenvalue weighted by Gasteiger charge is 2.12. The van der Waals surface area contributed by atoms with Crippen LogP contribution < -0.4 is 20.8 Å². The van der Waals surface area contributed by atoms with Gasteiger partial charge in [-0.1, -0.05) is 23.8 Å². The van der Waals surface area contributed by atoms with Crippen LogP contribution in [0.4, 0.5) is 11.4 Å². The lowest BCUT2D eigenvalue weighted by atomic mass is 10.1. The fraction of sp³-hybridized carbons (Fsp3) is 0.154. The van der Waals surface area contributed by atoms with Crippen LogP contribution in [0.15, 0.2) is 71.8 Å². The number of amides is 3. The Bertz CT molecular complexity index is 1180. The molecule has 0 radical (unpaired) electrons. The van der Waals surface area contributed by atoms with Crippen LogP contribution >= 0.6 is 0 Å². The second-order valence-corrected chi connectivity index (χ2v) is 7.80. The Morgan fingerprint density at radius 3 is 2.06 bits per heavy atom. The molecule has 0 unspecified atom stereocenters. The fourth-order valence-electron chi connectivity index (χ4n) is 3.08. The number of hydrogen-bond donors (Lipinski definition) is 3. The number of ether oxygens (including phenoxy) is 1. The molecule has 3 aromatic rings. The fourth-order valence-corrected chi connectivity index (χ4v) is 3.08.